The fraction of sp³-hybridized carbons (Fsp3) is 0. The van der Waals surface area contributed by atoms with Crippen molar-refractivity contribution in [3.05, 3.63) is 84.7 Å². The lowest BCUT2D eigenvalue weighted by Crippen LogP contribution is -2.21. The maximum absolute atomic E-state index is 12.5. The van der Waals surface area contributed by atoms with Crippen LogP contribution in [-0.2, 0) is 0 Å². The molecule has 9 nitrogen and oxygen atoms in total. The monoisotopic (exact) mass is 461 g/mol. The van der Waals surface area contributed by atoms with Crippen LogP contribution < -0.4 is 10.9 Å². The van der Waals surface area contributed by atoms with Crippen LogP contribution in [0.1, 0.15) is 10.4 Å². The third-order valence-electron chi connectivity index (χ3n) is 4.05. The van der Waals surface area contributed by atoms with Crippen LogP contribution in [0.2, 0.25) is 10.0 Å². The number of rotatable bonds is 4. The number of non-ortho nitro benzene ring substituents is 1. The number of fused-ring (bicyclic) bond motifs is 1. The molecule has 1 N–H and O–H groups in total. The summed E-state index contributed by atoms with van der Waals surface area (Å²) in [5.74, 6) is -0.426. The van der Waals surface area contributed by atoms with Gasteiger partial charge in [-0.1, -0.05) is 34.5 Å². The average Bonchev–Trinajstić information content (AvgIpc) is 3.13. The molecule has 0 radical (unpaired) electrons. The smallest absolute Gasteiger partial charge is 0.291 e. The summed E-state index contributed by atoms with van der Waals surface area (Å²) in [7, 11) is 0. The van der Waals surface area contributed by atoms with Crippen molar-refractivity contribution >= 4 is 61.5 Å². The number of carbonyl (C=O) groups excluding carboxylic acids is 1. The molecule has 4 aromatic rings. The third-order valence-corrected chi connectivity index (χ3v) is 5.74. The van der Waals surface area contributed by atoms with Crippen LogP contribution in [0.3, 0.4) is 0 Å². The first-order chi connectivity index (χ1) is 14.3. The molecule has 0 saturated heterocycles. The molecular weight excluding hydrogens is 453 g/mol. The van der Waals surface area contributed by atoms with E-state index in [4.69, 9.17) is 23.2 Å². The van der Waals surface area contributed by atoms with E-state index in [1.807, 2.05) is 0 Å². The van der Waals surface area contributed by atoms with Gasteiger partial charge in [0.2, 0.25) is 0 Å². The molecule has 1 amide bonds. The summed E-state index contributed by atoms with van der Waals surface area (Å²) >= 11 is 12.8. The number of aromatic nitrogens is 3. The summed E-state index contributed by atoms with van der Waals surface area (Å²) in [5.41, 5.74) is 0.636. The van der Waals surface area contributed by atoms with Gasteiger partial charge in [-0.15, -0.1) is 0 Å². The van der Waals surface area contributed by atoms with Gasteiger partial charge in [0, 0.05) is 17.7 Å². The van der Waals surface area contributed by atoms with Gasteiger partial charge in [0.05, 0.1) is 32.0 Å². The second-order valence-electron chi connectivity index (χ2n) is 5.95. The molecule has 2 aromatic carbocycles. The first-order valence-electron chi connectivity index (χ1n) is 8.23. The van der Waals surface area contributed by atoms with Gasteiger partial charge < -0.3 is 0 Å². The minimum atomic E-state index is -0.579. The lowest BCUT2D eigenvalue weighted by molar-refractivity contribution is -0.384. The van der Waals surface area contributed by atoms with Crippen molar-refractivity contribution < 1.29 is 9.72 Å². The molecular formula is C18H9Cl2N5O4S. The quantitative estimate of drug-likeness (QED) is 0.357. The van der Waals surface area contributed by atoms with Gasteiger partial charge >= 0.3 is 0 Å². The van der Waals surface area contributed by atoms with Crippen molar-refractivity contribution in [2.45, 2.75) is 0 Å². The van der Waals surface area contributed by atoms with Crippen LogP contribution in [-0.4, -0.2) is 25.6 Å². The van der Waals surface area contributed by atoms with Crippen molar-refractivity contribution in [1.82, 2.24) is 14.8 Å². The normalized spacial score (nSPS) is 10.9. The van der Waals surface area contributed by atoms with Crippen LogP contribution in [0.5, 0.6) is 0 Å². The van der Waals surface area contributed by atoms with E-state index in [1.54, 1.807) is 0 Å². The molecule has 12 heteroatoms. The van der Waals surface area contributed by atoms with E-state index < -0.39 is 16.4 Å². The summed E-state index contributed by atoms with van der Waals surface area (Å²) in [4.78, 5) is 39.3. The Morgan fingerprint density at radius 3 is 2.60 bits per heavy atom. The number of nitrogens with one attached hydrogen (secondary N) is 1. The summed E-state index contributed by atoms with van der Waals surface area (Å²) < 4.78 is 1.65. The molecule has 0 saturated carbocycles. The number of hydrogen-bond acceptors (Lipinski definition) is 7. The van der Waals surface area contributed by atoms with E-state index in [0.717, 1.165) is 16.0 Å². The largest absolute Gasteiger partial charge is 0.298 e. The van der Waals surface area contributed by atoms with Gasteiger partial charge in [-0.3, -0.25) is 25.0 Å². The highest BCUT2D eigenvalue weighted by atomic mass is 35.5. The van der Waals surface area contributed by atoms with Gasteiger partial charge in [0.25, 0.3) is 17.2 Å². The molecule has 30 heavy (non-hydrogen) atoms. The van der Waals surface area contributed by atoms with E-state index in [-0.39, 0.29) is 15.7 Å². The Kier molecular flexibility index (Phi) is 5.20. The first kappa shape index (κ1) is 20.0. The van der Waals surface area contributed by atoms with Crippen molar-refractivity contribution in [3.8, 4) is 5.69 Å². The van der Waals surface area contributed by atoms with Crippen molar-refractivity contribution in [2.24, 2.45) is 0 Å². The lowest BCUT2D eigenvalue weighted by Gasteiger charge is -2.07. The molecule has 0 unspecified atom stereocenters. The van der Waals surface area contributed by atoms with Crippen LogP contribution in [0.4, 0.5) is 10.8 Å². The van der Waals surface area contributed by atoms with E-state index >= 15 is 0 Å². The van der Waals surface area contributed by atoms with E-state index in [1.165, 1.54) is 48.7 Å². The minimum Gasteiger partial charge on any atom is -0.298 e. The molecule has 0 aliphatic rings. The second kappa shape index (κ2) is 7.82. The van der Waals surface area contributed by atoms with E-state index in [0.29, 0.717) is 26.6 Å². The van der Waals surface area contributed by atoms with Crippen molar-refractivity contribution in [2.75, 3.05) is 5.32 Å². The predicted molar refractivity (Wildman–Crippen MR) is 114 cm³/mol. The highest BCUT2D eigenvalue weighted by molar-refractivity contribution is 7.22. The topological polar surface area (TPSA) is 120 Å². The molecule has 150 valence electrons. The number of anilines is 1. The summed E-state index contributed by atoms with van der Waals surface area (Å²) in [6.07, 6.45) is 1.25. The highest BCUT2D eigenvalue weighted by Gasteiger charge is 2.14. The van der Waals surface area contributed by atoms with Gasteiger partial charge in [-0.2, -0.15) is 9.78 Å². The zero-order valence-electron chi connectivity index (χ0n) is 14.7. The van der Waals surface area contributed by atoms with Crippen LogP contribution in [0, 0.1) is 10.1 Å². The van der Waals surface area contributed by atoms with Gasteiger partial charge in [-0.25, -0.2) is 4.98 Å². The van der Waals surface area contributed by atoms with Gasteiger partial charge in [-0.05, 0) is 30.3 Å². The summed E-state index contributed by atoms with van der Waals surface area (Å²) in [6.45, 7) is 0. The summed E-state index contributed by atoms with van der Waals surface area (Å²) in [6, 6.07) is 10.4. The second-order valence-corrected chi connectivity index (χ2v) is 7.77. The molecule has 0 aliphatic carbocycles. The molecule has 0 atom stereocenters. The van der Waals surface area contributed by atoms with Crippen LogP contribution in [0.15, 0.2) is 53.5 Å². The number of nitro benzene ring substituents is 1. The Morgan fingerprint density at radius 2 is 1.90 bits per heavy atom. The number of halogens is 2. The molecule has 0 aliphatic heterocycles. The maximum atomic E-state index is 12.5. The number of thiazole rings is 1. The molecule has 4 rings (SSSR count). The first-order valence-corrected chi connectivity index (χ1v) is 9.81. The molecule has 0 fully saturated rings. The van der Waals surface area contributed by atoms with Crippen molar-refractivity contribution in [3.63, 3.8) is 0 Å². The zero-order chi connectivity index (χ0) is 21.4. The third kappa shape index (κ3) is 3.75. The number of amides is 1. The molecule has 0 bridgehead atoms. The zero-order valence-corrected chi connectivity index (χ0v) is 17.0. The average molecular weight is 462 g/mol. The van der Waals surface area contributed by atoms with Crippen molar-refractivity contribution in [1.29, 1.82) is 0 Å². The number of carbonyl (C=O) groups is 1. The number of hydrogen-bond donors (Lipinski definition) is 1. The fourth-order valence-corrected chi connectivity index (χ4v) is 3.75. The predicted octanol–water partition coefficient (Wildman–Crippen LogP) is 4.31. The summed E-state index contributed by atoms with van der Waals surface area (Å²) in [5, 5.41) is 17.7. The Labute approximate surface area is 181 Å². The lowest BCUT2D eigenvalue weighted by atomic mass is 10.2. The van der Waals surface area contributed by atoms with E-state index in [9.17, 15) is 19.7 Å². The molecule has 2 aromatic heterocycles. The molecule has 0 spiro atoms. The number of benzene rings is 2. The SMILES string of the molecule is O=C(Nc1nc2ccc([N+](=O)[O-])cc2s1)c1ccc(-n2ncc(Cl)c(Cl)c2=O)cc1. The van der Waals surface area contributed by atoms with Crippen LogP contribution in [0.25, 0.3) is 15.9 Å². The van der Waals surface area contributed by atoms with Gasteiger partial charge in [0.15, 0.2) is 5.13 Å². The maximum Gasteiger partial charge on any atom is 0.291 e. The standard InChI is InChI=1S/C18H9Cl2N5O4S/c19-12-8-21-24(17(27)15(12)20)10-3-1-9(2-4-10)16(26)23-18-22-13-6-5-11(25(28)29)7-14(13)30-18/h1-8H,(H,22,23,26). The van der Waals surface area contributed by atoms with Crippen LogP contribution >= 0.6 is 34.5 Å². The number of nitro groups is 1. The fourth-order valence-electron chi connectivity index (χ4n) is 2.60. The highest BCUT2D eigenvalue weighted by Crippen LogP contribution is 2.29. The Bertz CT molecular complexity index is 1370. The number of nitrogens with zero attached hydrogens (tertiary/aromatic N) is 4. The molecule has 2 heterocycles. The Morgan fingerprint density at radius 1 is 1.17 bits per heavy atom. The Hall–Kier alpha value is -3.34. The minimum absolute atomic E-state index is 0.0502. The van der Waals surface area contributed by atoms with E-state index in [2.05, 4.69) is 15.4 Å². The van der Waals surface area contributed by atoms with Gasteiger partial charge in [0.1, 0.15) is 5.02 Å². The Balaban J connectivity index is 1.56.